The Morgan fingerprint density at radius 2 is 2.26 bits per heavy atom. The maximum absolute atomic E-state index is 11.0. The van der Waals surface area contributed by atoms with Crippen molar-refractivity contribution in [2.24, 2.45) is 0 Å². The Bertz CT molecular complexity index is 510. The molecule has 102 valence electrons. The maximum atomic E-state index is 11.0. The molecular weight excluding hydrogens is 248 g/mol. The van der Waals surface area contributed by atoms with Gasteiger partial charge in [0.25, 0.3) is 0 Å². The van der Waals surface area contributed by atoms with Crippen LogP contribution in [0.2, 0.25) is 0 Å². The lowest BCUT2D eigenvalue weighted by molar-refractivity contribution is -0.387. The third kappa shape index (κ3) is 3.81. The van der Waals surface area contributed by atoms with E-state index in [-0.39, 0.29) is 17.3 Å². The molecule has 0 aliphatic rings. The smallest absolute Gasteiger partial charge is 0.352 e. The zero-order valence-electron chi connectivity index (χ0n) is 11.1. The van der Waals surface area contributed by atoms with E-state index < -0.39 is 11.0 Å². The van der Waals surface area contributed by atoms with Crippen molar-refractivity contribution in [1.29, 1.82) is 0 Å². The van der Waals surface area contributed by atoms with Crippen LogP contribution in [0.4, 0.5) is 11.6 Å². The van der Waals surface area contributed by atoms with E-state index in [0.29, 0.717) is 12.5 Å². The summed E-state index contributed by atoms with van der Waals surface area (Å²) in [5, 5.41) is 14.0. The van der Waals surface area contributed by atoms with Gasteiger partial charge in [-0.15, -0.1) is 6.42 Å². The second kappa shape index (κ2) is 6.54. The minimum atomic E-state index is -0.605. The van der Waals surface area contributed by atoms with E-state index in [1.165, 1.54) is 6.92 Å². The van der Waals surface area contributed by atoms with E-state index in [0.717, 1.165) is 6.42 Å². The summed E-state index contributed by atoms with van der Waals surface area (Å²) in [7, 11) is 0. The molecule has 1 unspecified atom stereocenters. The van der Waals surface area contributed by atoms with Crippen LogP contribution in [0.25, 0.3) is 0 Å². The van der Waals surface area contributed by atoms with Gasteiger partial charge in [0.15, 0.2) is 6.10 Å². The summed E-state index contributed by atoms with van der Waals surface area (Å²) in [6, 6.07) is 0. The molecule has 0 bridgehead atoms. The molecule has 0 aliphatic carbocycles. The van der Waals surface area contributed by atoms with E-state index in [2.05, 4.69) is 21.2 Å². The van der Waals surface area contributed by atoms with Crippen LogP contribution in [0.15, 0.2) is 0 Å². The van der Waals surface area contributed by atoms with Crippen LogP contribution in [-0.2, 0) is 0 Å². The van der Waals surface area contributed by atoms with Gasteiger partial charge < -0.3 is 10.1 Å². The second-order valence-electron chi connectivity index (χ2n) is 3.90. The van der Waals surface area contributed by atoms with Crippen molar-refractivity contribution in [3.05, 3.63) is 15.8 Å². The lowest BCUT2D eigenvalue weighted by atomic mass is 10.3. The molecule has 1 heterocycles. The van der Waals surface area contributed by atoms with Gasteiger partial charge in [-0.25, -0.2) is 4.98 Å². The first-order valence-electron chi connectivity index (χ1n) is 5.89. The number of nitrogens with zero attached hydrogens (tertiary/aromatic N) is 3. The highest BCUT2D eigenvalue weighted by Gasteiger charge is 2.24. The molecule has 19 heavy (non-hydrogen) atoms. The molecule has 0 amide bonds. The van der Waals surface area contributed by atoms with Crippen molar-refractivity contribution in [2.45, 2.75) is 33.3 Å². The summed E-state index contributed by atoms with van der Waals surface area (Å²) in [5.41, 5.74) is -0.0260. The first kappa shape index (κ1) is 14.7. The van der Waals surface area contributed by atoms with Crippen molar-refractivity contribution in [1.82, 2.24) is 9.97 Å². The first-order chi connectivity index (χ1) is 8.99. The number of hydrogen-bond acceptors (Lipinski definition) is 6. The van der Waals surface area contributed by atoms with Gasteiger partial charge in [0, 0.05) is 6.54 Å². The molecule has 1 rings (SSSR count). The summed E-state index contributed by atoms with van der Waals surface area (Å²) < 4.78 is 5.29. The SMILES string of the molecule is C#CC(C)Oc1nc(NCCC)nc(C)c1[N+](=O)[O-]. The number of rotatable bonds is 6. The first-order valence-corrected chi connectivity index (χ1v) is 5.89. The lowest BCUT2D eigenvalue weighted by Gasteiger charge is -2.11. The number of aryl methyl sites for hydroxylation is 1. The van der Waals surface area contributed by atoms with Crippen molar-refractivity contribution in [3.8, 4) is 18.2 Å². The molecule has 0 radical (unpaired) electrons. The predicted molar refractivity (Wildman–Crippen MR) is 71.1 cm³/mol. The van der Waals surface area contributed by atoms with Gasteiger partial charge in [0.1, 0.15) is 5.69 Å². The van der Waals surface area contributed by atoms with Crippen LogP contribution < -0.4 is 10.1 Å². The van der Waals surface area contributed by atoms with Crippen molar-refractivity contribution >= 4 is 11.6 Å². The third-order valence-electron chi connectivity index (χ3n) is 2.27. The largest absolute Gasteiger partial charge is 0.456 e. The van der Waals surface area contributed by atoms with Gasteiger partial charge >= 0.3 is 11.6 Å². The molecule has 0 aliphatic heterocycles. The molecule has 7 nitrogen and oxygen atoms in total. The molecule has 0 saturated carbocycles. The van der Waals surface area contributed by atoms with Crippen molar-refractivity contribution < 1.29 is 9.66 Å². The van der Waals surface area contributed by atoms with E-state index in [4.69, 9.17) is 11.2 Å². The zero-order valence-corrected chi connectivity index (χ0v) is 11.1. The Hall–Kier alpha value is -2.36. The average Bonchev–Trinajstić information content (AvgIpc) is 2.35. The Balaban J connectivity index is 3.17. The Kier molecular flexibility index (Phi) is 5.06. The molecule has 0 fully saturated rings. The Labute approximate surface area is 111 Å². The number of nitrogens with one attached hydrogen (secondary N) is 1. The van der Waals surface area contributed by atoms with Gasteiger partial charge in [0.05, 0.1) is 4.92 Å². The molecule has 1 aromatic rings. The minimum Gasteiger partial charge on any atom is -0.456 e. The monoisotopic (exact) mass is 264 g/mol. The lowest BCUT2D eigenvalue weighted by Crippen LogP contribution is -2.14. The quantitative estimate of drug-likeness (QED) is 0.479. The summed E-state index contributed by atoms with van der Waals surface area (Å²) in [5.74, 6) is 2.52. The Morgan fingerprint density at radius 3 is 2.79 bits per heavy atom. The topological polar surface area (TPSA) is 90.2 Å². The van der Waals surface area contributed by atoms with E-state index in [1.54, 1.807) is 6.92 Å². The summed E-state index contributed by atoms with van der Waals surface area (Å²) in [6.07, 6.45) is 5.48. The number of aromatic nitrogens is 2. The normalized spacial score (nSPS) is 11.5. The summed E-state index contributed by atoms with van der Waals surface area (Å²) in [6.45, 7) is 5.80. The maximum Gasteiger partial charge on any atom is 0.352 e. The fourth-order valence-corrected chi connectivity index (χ4v) is 1.35. The standard InChI is InChI=1S/C12H16N4O3/c1-5-7-13-12-14-9(4)10(16(17)18)11(15-12)19-8(3)6-2/h2,8H,5,7H2,1,3-4H3,(H,13,14,15). The number of nitro groups is 1. The van der Waals surface area contributed by atoms with Crippen LogP contribution in [0.5, 0.6) is 5.88 Å². The Morgan fingerprint density at radius 1 is 1.58 bits per heavy atom. The van der Waals surface area contributed by atoms with Gasteiger partial charge in [-0.3, -0.25) is 10.1 Å². The average molecular weight is 264 g/mol. The fourth-order valence-electron chi connectivity index (χ4n) is 1.35. The summed E-state index contributed by atoms with van der Waals surface area (Å²) >= 11 is 0. The van der Waals surface area contributed by atoms with Gasteiger partial charge in [0.2, 0.25) is 5.95 Å². The fraction of sp³-hybridized carbons (Fsp3) is 0.500. The van der Waals surface area contributed by atoms with E-state index in [1.807, 2.05) is 6.92 Å². The summed E-state index contributed by atoms with van der Waals surface area (Å²) in [4.78, 5) is 18.5. The zero-order chi connectivity index (χ0) is 14.4. The van der Waals surface area contributed by atoms with Gasteiger partial charge in [-0.2, -0.15) is 4.98 Å². The van der Waals surface area contributed by atoms with Crippen molar-refractivity contribution in [2.75, 3.05) is 11.9 Å². The van der Waals surface area contributed by atoms with E-state index in [9.17, 15) is 10.1 Å². The third-order valence-corrected chi connectivity index (χ3v) is 2.27. The minimum absolute atomic E-state index is 0.110. The second-order valence-corrected chi connectivity index (χ2v) is 3.90. The molecule has 7 heteroatoms. The van der Waals surface area contributed by atoms with Crippen LogP contribution in [0.1, 0.15) is 26.0 Å². The number of hydrogen-bond donors (Lipinski definition) is 1. The molecule has 1 atom stereocenters. The molecule has 1 aromatic heterocycles. The highest BCUT2D eigenvalue weighted by molar-refractivity contribution is 5.49. The van der Waals surface area contributed by atoms with Gasteiger partial charge in [-0.05, 0) is 20.3 Å². The number of terminal acetylenes is 1. The highest BCUT2D eigenvalue weighted by Crippen LogP contribution is 2.29. The van der Waals surface area contributed by atoms with Crippen LogP contribution in [0, 0.1) is 29.4 Å². The molecular formula is C12H16N4O3. The van der Waals surface area contributed by atoms with E-state index >= 15 is 0 Å². The van der Waals surface area contributed by atoms with Crippen molar-refractivity contribution in [3.63, 3.8) is 0 Å². The number of anilines is 1. The van der Waals surface area contributed by atoms with Crippen LogP contribution in [-0.4, -0.2) is 27.5 Å². The molecule has 0 aromatic carbocycles. The molecule has 0 saturated heterocycles. The van der Waals surface area contributed by atoms with Gasteiger partial charge in [-0.1, -0.05) is 12.8 Å². The molecule has 0 spiro atoms. The predicted octanol–water partition coefficient (Wildman–Crippen LogP) is 1.92. The van der Waals surface area contributed by atoms with Crippen LogP contribution >= 0.6 is 0 Å². The molecule has 1 N–H and O–H groups in total. The number of ether oxygens (including phenoxy) is 1. The highest BCUT2D eigenvalue weighted by atomic mass is 16.6. The van der Waals surface area contributed by atoms with Crippen LogP contribution in [0.3, 0.4) is 0 Å².